The van der Waals surface area contributed by atoms with Crippen LogP contribution in [0.15, 0.2) is 67.5 Å². The molecule has 2 fully saturated rings. The van der Waals surface area contributed by atoms with Crippen LogP contribution in [0.2, 0.25) is 0 Å². The second-order valence-electron chi connectivity index (χ2n) is 12.3. The average Bonchev–Trinajstić information content (AvgIpc) is 3.82. The van der Waals surface area contributed by atoms with E-state index in [9.17, 15) is 5.26 Å². The third-order valence-corrected chi connectivity index (χ3v) is 8.88. The average molecular weight is 663 g/mol. The molecule has 0 bridgehead atoms. The van der Waals surface area contributed by atoms with Gasteiger partial charge < -0.3 is 19.5 Å². The highest BCUT2D eigenvalue weighted by Gasteiger charge is 2.29. The van der Waals surface area contributed by atoms with Crippen molar-refractivity contribution in [3.8, 4) is 28.8 Å². The number of rotatable bonds is 12. The molecule has 252 valence electrons. The largest absolute Gasteiger partial charge is 0.487 e. The van der Waals surface area contributed by atoms with Gasteiger partial charge in [-0.2, -0.15) is 5.26 Å². The molecule has 1 unspecified atom stereocenters. The Morgan fingerprint density at radius 2 is 1.84 bits per heavy atom. The molecule has 2 aliphatic rings. The van der Waals surface area contributed by atoms with Gasteiger partial charge in [-0.15, -0.1) is 10.2 Å². The number of ether oxygens (including phenoxy) is 3. The lowest BCUT2D eigenvalue weighted by atomic mass is 9.90. The number of nitrogens with zero attached hydrogens (tertiary/aromatic N) is 11. The van der Waals surface area contributed by atoms with Gasteiger partial charge in [0.05, 0.1) is 43.3 Å². The first-order chi connectivity index (χ1) is 24.1. The molecule has 1 N–H and O–H groups in total. The Hall–Kier alpha value is -5.46. The minimum absolute atomic E-state index is 0.275. The maximum Gasteiger partial charge on any atom is 0.257 e. The highest BCUT2D eigenvalue weighted by atomic mass is 16.5. The van der Waals surface area contributed by atoms with E-state index in [4.69, 9.17) is 19.3 Å². The van der Waals surface area contributed by atoms with Crippen molar-refractivity contribution in [1.29, 1.82) is 5.26 Å². The van der Waals surface area contributed by atoms with E-state index in [0.717, 1.165) is 68.8 Å². The molecular formula is C34H38N12O3. The van der Waals surface area contributed by atoms with E-state index in [1.165, 1.54) is 6.33 Å². The Kier molecular flexibility index (Phi) is 9.95. The Balaban J connectivity index is 1.05. The minimum Gasteiger partial charge on any atom is -0.487 e. The molecular weight excluding hydrogens is 624 g/mol. The van der Waals surface area contributed by atoms with Gasteiger partial charge >= 0.3 is 0 Å². The zero-order valence-electron chi connectivity index (χ0n) is 27.3. The molecule has 5 aromatic rings. The van der Waals surface area contributed by atoms with Gasteiger partial charge in [-0.3, -0.25) is 14.6 Å². The summed E-state index contributed by atoms with van der Waals surface area (Å²) in [4.78, 5) is 16.2. The quantitative estimate of drug-likeness (QED) is 0.202. The first-order valence-corrected chi connectivity index (χ1v) is 16.6. The fourth-order valence-corrected chi connectivity index (χ4v) is 6.35. The zero-order chi connectivity index (χ0) is 33.4. The van der Waals surface area contributed by atoms with E-state index in [2.05, 4.69) is 46.8 Å². The van der Waals surface area contributed by atoms with Gasteiger partial charge in [-0.1, -0.05) is 12.1 Å². The summed E-state index contributed by atoms with van der Waals surface area (Å²) < 4.78 is 21.5. The summed E-state index contributed by atoms with van der Waals surface area (Å²) in [6.07, 6.45) is 12.8. The van der Waals surface area contributed by atoms with E-state index in [-0.39, 0.29) is 18.8 Å². The maximum absolute atomic E-state index is 9.67. The summed E-state index contributed by atoms with van der Waals surface area (Å²) in [5, 5.41) is 29.1. The number of nitrogens with one attached hydrogen (secondary N) is 1. The number of morpholine rings is 1. The van der Waals surface area contributed by atoms with Crippen LogP contribution >= 0.6 is 0 Å². The summed E-state index contributed by atoms with van der Waals surface area (Å²) in [6, 6.07) is 14.2. The number of hydrogen-bond acceptors (Lipinski definition) is 13. The van der Waals surface area contributed by atoms with Gasteiger partial charge in [-0.05, 0) is 72.9 Å². The molecule has 49 heavy (non-hydrogen) atoms. The van der Waals surface area contributed by atoms with Gasteiger partial charge in [-0.25, -0.2) is 14.6 Å². The molecule has 5 heterocycles. The number of hydrogen-bond donors (Lipinski definition) is 1. The van der Waals surface area contributed by atoms with Crippen LogP contribution in [0, 0.1) is 11.3 Å². The van der Waals surface area contributed by atoms with Crippen LogP contribution in [0.1, 0.15) is 49.9 Å². The van der Waals surface area contributed by atoms with Crippen molar-refractivity contribution >= 4 is 11.6 Å². The predicted octanol–water partition coefficient (Wildman–Crippen LogP) is 4.20. The van der Waals surface area contributed by atoms with Crippen LogP contribution in [0.4, 0.5) is 11.6 Å². The first-order valence-electron chi connectivity index (χ1n) is 16.6. The van der Waals surface area contributed by atoms with E-state index in [0.29, 0.717) is 41.4 Å². The number of anilines is 2. The smallest absolute Gasteiger partial charge is 0.257 e. The minimum atomic E-state index is -0.275. The zero-order valence-corrected chi connectivity index (χ0v) is 27.3. The van der Waals surface area contributed by atoms with Crippen molar-refractivity contribution in [2.24, 2.45) is 0 Å². The lowest BCUT2D eigenvalue weighted by Gasteiger charge is -2.38. The molecule has 7 rings (SSSR count). The SMILES string of the molecule is CC(Cn1cnnn1)Oc1cc(-c2cnc(Nc3cn(C4CCC(N5CCOCC5)CC4)nc3OCc3ccccn3)nc2)ccc1C#N. The molecule has 1 aromatic carbocycles. The molecule has 15 nitrogen and oxygen atoms in total. The number of aromatic nitrogens is 9. The van der Waals surface area contributed by atoms with Crippen molar-refractivity contribution in [3.63, 3.8) is 0 Å². The normalized spacial score (nSPS) is 18.8. The highest BCUT2D eigenvalue weighted by Crippen LogP contribution is 2.35. The lowest BCUT2D eigenvalue weighted by Crippen LogP contribution is -2.45. The Morgan fingerprint density at radius 1 is 1.02 bits per heavy atom. The summed E-state index contributed by atoms with van der Waals surface area (Å²) in [5.74, 6) is 1.34. The standard InChI is InChI=1S/C34H38N12O3/c1-24(20-45-23-39-42-43-45)49-32-16-25(5-6-26(32)17-35)27-18-37-34(38-19-27)40-31-21-46(41-33(31)48-22-28-4-2-3-11-36-28)30-9-7-29(8-10-30)44-12-14-47-15-13-44/h2-6,11,16,18-19,21,23-24,29-30H,7-10,12-15,20,22H2,1H3,(H,37,38,40). The van der Waals surface area contributed by atoms with E-state index in [1.54, 1.807) is 29.3 Å². The van der Waals surface area contributed by atoms with Gasteiger partial charge in [0.15, 0.2) is 0 Å². The molecule has 1 aliphatic heterocycles. The van der Waals surface area contributed by atoms with Gasteiger partial charge in [0.2, 0.25) is 5.95 Å². The second-order valence-corrected chi connectivity index (χ2v) is 12.3. The number of tetrazole rings is 1. The van der Waals surface area contributed by atoms with E-state index < -0.39 is 0 Å². The predicted molar refractivity (Wildman–Crippen MR) is 178 cm³/mol. The third kappa shape index (κ3) is 7.99. The van der Waals surface area contributed by atoms with Crippen LogP contribution in [-0.4, -0.2) is 88.3 Å². The molecule has 0 radical (unpaired) electrons. The molecule has 0 amide bonds. The molecule has 1 aliphatic carbocycles. The summed E-state index contributed by atoms with van der Waals surface area (Å²) >= 11 is 0. The number of nitriles is 1. The van der Waals surface area contributed by atoms with Crippen molar-refractivity contribution in [2.45, 2.75) is 63.9 Å². The van der Waals surface area contributed by atoms with Crippen molar-refractivity contribution in [3.05, 3.63) is 78.8 Å². The van der Waals surface area contributed by atoms with Gasteiger partial charge in [0.25, 0.3) is 5.88 Å². The summed E-state index contributed by atoms with van der Waals surface area (Å²) in [6.45, 7) is 6.28. The lowest BCUT2D eigenvalue weighted by molar-refractivity contribution is 0.00502. The molecule has 1 saturated heterocycles. The maximum atomic E-state index is 9.67. The van der Waals surface area contributed by atoms with Gasteiger partial charge in [0, 0.05) is 43.3 Å². The topological polar surface area (TPSA) is 167 Å². The van der Waals surface area contributed by atoms with E-state index >= 15 is 0 Å². The molecule has 4 aromatic heterocycles. The molecule has 0 spiro atoms. The van der Waals surface area contributed by atoms with Gasteiger partial charge in [0.1, 0.15) is 36.5 Å². The highest BCUT2D eigenvalue weighted by molar-refractivity contribution is 5.67. The molecule has 1 saturated carbocycles. The second kappa shape index (κ2) is 15.2. The molecule has 1 atom stereocenters. The monoisotopic (exact) mass is 662 g/mol. The Labute approximate surface area is 283 Å². The van der Waals surface area contributed by atoms with Crippen molar-refractivity contribution in [1.82, 2.24) is 49.8 Å². The summed E-state index contributed by atoms with van der Waals surface area (Å²) in [7, 11) is 0. The number of benzene rings is 1. The van der Waals surface area contributed by atoms with Crippen LogP contribution in [0.25, 0.3) is 11.1 Å². The van der Waals surface area contributed by atoms with Crippen molar-refractivity contribution in [2.75, 3.05) is 31.6 Å². The van der Waals surface area contributed by atoms with Crippen LogP contribution in [-0.2, 0) is 17.9 Å². The van der Waals surface area contributed by atoms with Crippen molar-refractivity contribution < 1.29 is 14.2 Å². The Bertz CT molecular complexity index is 1830. The Morgan fingerprint density at radius 3 is 2.57 bits per heavy atom. The van der Waals surface area contributed by atoms with E-state index in [1.807, 2.05) is 48.1 Å². The fraction of sp³-hybridized carbons (Fsp3) is 0.412. The van der Waals surface area contributed by atoms with Crippen LogP contribution < -0.4 is 14.8 Å². The number of pyridine rings is 1. The first kappa shape index (κ1) is 32.1. The summed E-state index contributed by atoms with van der Waals surface area (Å²) in [5.41, 5.74) is 3.51. The van der Waals surface area contributed by atoms with Crippen LogP contribution in [0.3, 0.4) is 0 Å². The molecule has 15 heteroatoms. The fourth-order valence-electron chi connectivity index (χ4n) is 6.35. The third-order valence-electron chi connectivity index (χ3n) is 8.88. The van der Waals surface area contributed by atoms with Crippen LogP contribution in [0.5, 0.6) is 11.6 Å².